The quantitative estimate of drug-likeness (QED) is 0.335. The van der Waals surface area contributed by atoms with Crippen LogP contribution >= 0.6 is 0 Å². The molecule has 4 aliphatic rings. The van der Waals surface area contributed by atoms with E-state index in [1.807, 2.05) is 0 Å². The van der Waals surface area contributed by atoms with Crippen molar-refractivity contribution in [1.82, 2.24) is 19.8 Å². The van der Waals surface area contributed by atoms with Crippen LogP contribution in [0, 0.1) is 0 Å². The molecule has 11 heteroatoms. The summed E-state index contributed by atoms with van der Waals surface area (Å²) in [5.74, 6) is 0.577. The molecule has 5 heterocycles. The Morgan fingerprint density at radius 1 is 1.24 bits per heavy atom. The molecule has 0 bridgehead atoms. The summed E-state index contributed by atoms with van der Waals surface area (Å²) >= 11 is 0. The van der Waals surface area contributed by atoms with Crippen molar-refractivity contribution in [3.05, 3.63) is 58.4 Å². The van der Waals surface area contributed by atoms with E-state index in [4.69, 9.17) is 25.4 Å². The molecule has 2 fully saturated rings. The molecule has 2 atom stereocenters. The third-order valence-corrected chi connectivity index (χ3v) is 9.85. The monoisotopic (exact) mass is 631 g/mol. The van der Waals surface area contributed by atoms with Crippen molar-refractivity contribution < 1.29 is 18.5 Å². The highest BCUT2D eigenvalue weighted by molar-refractivity contribution is 6.05. The standard InChI is InChI=1S/C35H48FN8O2/c1-5-10-24-11-6-7-12-27(24)31-18-30-28(22-42(31)4)32(43-15-9-14-38-26(21-43)17-29(37)33(45)41(2)3)40-34(39-30)46-23-35-13-8-16-44(35)20-25(36)19-35/h6-7,11-12,17,25H,5,8-10,13-16,18-23,37H2,1-4H3/q+1/b29-17-/t25?,35-/m0/s1. The molecule has 1 unspecified atom stereocenters. The van der Waals surface area contributed by atoms with Gasteiger partial charge in [0, 0.05) is 45.7 Å². The molecule has 4 aliphatic heterocycles. The molecule has 1 aromatic heterocycles. The Labute approximate surface area is 271 Å². The molecule has 6 rings (SSSR count). The van der Waals surface area contributed by atoms with Crippen molar-refractivity contribution in [3.8, 4) is 6.01 Å². The van der Waals surface area contributed by atoms with Crippen LogP contribution in [0.2, 0.25) is 0 Å². The molecule has 1 aromatic carbocycles. The van der Waals surface area contributed by atoms with E-state index in [-0.39, 0.29) is 17.1 Å². The van der Waals surface area contributed by atoms with Crippen LogP contribution in [-0.4, -0.2) is 114 Å². The number of nitrogens with zero attached hydrogens (tertiary/aromatic N) is 7. The second-order valence-corrected chi connectivity index (χ2v) is 13.5. The average molecular weight is 632 g/mol. The summed E-state index contributed by atoms with van der Waals surface area (Å²) in [4.78, 5) is 33.3. The minimum absolute atomic E-state index is 0.159. The Bertz CT molecular complexity index is 1570. The Morgan fingerprint density at radius 3 is 2.87 bits per heavy atom. The number of amides is 1. The lowest BCUT2D eigenvalue weighted by atomic mass is 9.93. The summed E-state index contributed by atoms with van der Waals surface area (Å²) in [6.45, 7) is 6.47. The van der Waals surface area contributed by atoms with Gasteiger partial charge >= 0.3 is 6.01 Å². The number of anilines is 1. The first-order valence-corrected chi connectivity index (χ1v) is 16.7. The van der Waals surface area contributed by atoms with E-state index in [0.29, 0.717) is 51.6 Å². The topological polar surface area (TPSA) is 103 Å². The SMILES string of the molecule is CCCc1ccccc1C1=[N+](C)Cc2c(nc(OC[C@@]34CCCN3CC(F)C4)nc2N2CCCN=C(/C=C(\N)C(=O)N(C)C)C2)C1. The minimum Gasteiger partial charge on any atom is -0.461 e. The van der Waals surface area contributed by atoms with Gasteiger partial charge in [0.25, 0.3) is 5.91 Å². The summed E-state index contributed by atoms with van der Waals surface area (Å²) in [5, 5.41) is 0. The highest BCUT2D eigenvalue weighted by Gasteiger charge is 2.49. The number of rotatable bonds is 9. The van der Waals surface area contributed by atoms with E-state index in [9.17, 15) is 9.18 Å². The third-order valence-electron chi connectivity index (χ3n) is 9.85. The summed E-state index contributed by atoms with van der Waals surface area (Å²) < 4.78 is 23.3. The van der Waals surface area contributed by atoms with Gasteiger partial charge in [-0.05, 0) is 49.9 Å². The van der Waals surface area contributed by atoms with Crippen LogP contribution in [0.5, 0.6) is 6.01 Å². The number of aryl methyl sites for hydroxylation is 1. The Morgan fingerprint density at radius 2 is 2.07 bits per heavy atom. The van der Waals surface area contributed by atoms with E-state index < -0.39 is 6.17 Å². The van der Waals surface area contributed by atoms with Crippen LogP contribution in [-0.2, 0) is 24.2 Å². The maximum atomic E-state index is 14.5. The van der Waals surface area contributed by atoms with Crippen LogP contribution in [0.25, 0.3) is 0 Å². The van der Waals surface area contributed by atoms with Crippen molar-refractivity contribution in [1.29, 1.82) is 0 Å². The van der Waals surface area contributed by atoms with E-state index in [2.05, 4.69) is 52.6 Å². The van der Waals surface area contributed by atoms with E-state index in [1.54, 1.807) is 20.2 Å². The van der Waals surface area contributed by atoms with E-state index in [1.165, 1.54) is 21.7 Å². The lowest BCUT2D eigenvalue weighted by Crippen LogP contribution is -2.43. The van der Waals surface area contributed by atoms with Crippen LogP contribution < -0.4 is 15.4 Å². The fourth-order valence-corrected chi connectivity index (χ4v) is 7.57. The van der Waals surface area contributed by atoms with E-state index in [0.717, 1.165) is 68.0 Å². The second kappa shape index (κ2) is 13.5. The number of nitrogens with two attached hydrogens (primary N) is 1. The molecule has 0 saturated carbocycles. The number of benzene rings is 1. The van der Waals surface area contributed by atoms with Gasteiger partial charge < -0.3 is 20.3 Å². The van der Waals surface area contributed by atoms with Gasteiger partial charge in [0.15, 0.2) is 12.3 Å². The Kier molecular flexibility index (Phi) is 9.40. The first-order chi connectivity index (χ1) is 22.2. The number of alkyl halides is 1. The fraction of sp³-hybridized carbons (Fsp3) is 0.571. The van der Waals surface area contributed by atoms with Gasteiger partial charge in [0.2, 0.25) is 0 Å². The molecule has 10 nitrogen and oxygen atoms in total. The maximum Gasteiger partial charge on any atom is 0.318 e. The molecule has 46 heavy (non-hydrogen) atoms. The largest absolute Gasteiger partial charge is 0.461 e. The van der Waals surface area contributed by atoms with Gasteiger partial charge in [-0.3, -0.25) is 14.7 Å². The highest BCUT2D eigenvalue weighted by Crippen LogP contribution is 2.40. The lowest BCUT2D eigenvalue weighted by molar-refractivity contribution is -0.516. The van der Waals surface area contributed by atoms with Crippen molar-refractivity contribution >= 4 is 23.1 Å². The molecule has 0 radical (unpaired) electrons. The first-order valence-electron chi connectivity index (χ1n) is 16.7. The lowest BCUT2D eigenvalue weighted by Gasteiger charge is -2.31. The number of hydrogen-bond donors (Lipinski definition) is 1. The van der Waals surface area contributed by atoms with E-state index >= 15 is 0 Å². The number of aromatic nitrogens is 2. The zero-order valence-corrected chi connectivity index (χ0v) is 27.8. The molecule has 2 N–H and O–H groups in total. The predicted molar refractivity (Wildman–Crippen MR) is 179 cm³/mol. The van der Waals surface area contributed by atoms with Crippen molar-refractivity contribution in [2.45, 2.75) is 70.1 Å². The zero-order valence-electron chi connectivity index (χ0n) is 27.8. The van der Waals surface area contributed by atoms with Gasteiger partial charge in [-0.15, -0.1) is 0 Å². The van der Waals surface area contributed by atoms with Gasteiger partial charge in [-0.2, -0.15) is 9.97 Å². The number of carbonyl (C=O) groups excluding carboxylic acids is 1. The Balaban J connectivity index is 1.36. The predicted octanol–water partition coefficient (Wildman–Crippen LogP) is 3.15. The molecule has 1 amide bonds. The smallest absolute Gasteiger partial charge is 0.318 e. The Hall–Kier alpha value is -3.86. The number of likely N-dealkylation sites (N-methyl/N-ethyl adjacent to an activating group) is 1. The van der Waals surface area contributed by atoms with Crippen LogP contribution in [0.15, 0.2) is 41.0 Å². The summed E-state index contributed by atoms with van der Waals surface area (Å²) in [5.41, 5.74) is 12.6. The van der Waals surface area contributed by atoms with Crippen molar-refractivity contribution in [2.24, 2.45) is 10.7 Å². The summed E-state index contributed by atoms with van der Waals surface area (Å²) in [6, 6.07) is 8.99. The van der Waals surface area contributed by atoms with Crippen LogP contribution in [0.4, 0.5) is 10.2 Å². The normalized spacial score (nSPS) is 23.6. The number of aliphatic imine (C=N–C) groups is 1. The van der Waals surface area contributed by atoms with Gasteiger partial charge in [0.1, 0.15) is 25.6 Å². The molecular weight excluding hydrogens is 583 g/mol. The molecule has 0 spiro atoms. The van der Waals surface area contributed by atoms with Crippen molar-refractivity contribution in [3.63, 3.8) is 0 Å². The zero-order chi connectivity index (χ0) is 32.4. The van der Waals surface area contributed by atoms with Gasteiger partial charge in [-0.1, -0.05) is 31.5 Å². The van der Waals surface area contributed by atoms with Gasteiger partial charge in [0.05, 0.1) is 41.2 Å². The average Bonchev–Trinajstić information content (AvgIpc) is 3.45. The molecule has 2 aromatic rings. The molecular formula is C35H48FN8O2+. The van der Waals surface area contributed by atoms with Crippen LogP contribution in [0.3, 0.4) is 0 Å². The third kappa shape index (κ3) is 6.52. The number of carbonyl (C=O) groups is 1. The summed E-state index contributed by atoms with van der Waals surface area (Å²) in [7, 11) is 5.51. The maximum absolute atomic E-state index is 14.5. The molecule has 0 aliphatic carbocycles. The second-order valence-electron chi connectivity index (χ2n) is 13.5. The first kappa shape index (κ1) is 32.1. The van der Waals surface area contributed by atoms with Gasteiger partial charge in [-0.25, -0.2) is 8.97 Å². The van der Waals surface area contributed by atoms with Crippen LogP contribution in [0.1, 0.15) is 61.4 Å². The minimum atomic E-state index is -0.825. The molecule has 246 valence electrons. The van der Waals surface area contributed by atoms with Crippen molar-refractivity contribution in [2.75, 3.05) is 65.4 Å². The number of fused-ring (bicyclic) bond motifs is 2. The molecule has 2 saturated heterocycles. The highest BCUT2D eigenvalue weighted by atomic mass is 19.1. The number of halogens is 1. The fourth-order valence-electron chi connectivity index (χ4n) is 7.57. The number of hydrogen-bond acceptors (Lipinski definition) is 8. The summed E-state index contributed by atoms with van der Waals surface area (Å²) in [6.07, 6.45) is 6.91. The number of ether oxygens (including phenoxy) is 1.